The van der Waals surface area contributed by atoms with Crippen molar-refractivity contribution in [2.75, 3.05) is 0 Å². The Morgan fingerprint density at radius 2 is 1.69 bits per heavy atom. The van der Waals surface area contributed by atoms with Gasteiger partial charge in [0.2, 0.25) is 5.02 Å². The molecule has 3 nitrogen and oxygen atoms in total. The van der Waals surface area contributed by atoms with E-state index in [1.165, 1.54) is 12.1 Å². The summed E-state index contributed by atoms with van der Waals surface area (Å²) < 4.78 is 26.8. The number of halogens is 2. The molecule has 0 saturated carbocycles. The van der Waals surface area contributed by atoms with Gasteiger partial charge < -0.3 is 0 Å². The lowest BCUT2D eigenvalue weighted by molar-refractivity contribution is 0.350. The van der Waals surface area contributed by atoms with Crippen molar-refractivity contribution in [1.29, 1.82) is 0 Å². The van der Waals surface area contributed by atoms with Crippen LogP contribution < -0.4 is 0 Å². The van der Waals surface area contributed by atoms with Crippen LogP contribution in [0.5, 0.6) is 0 Å². The van der Waals surface area contributed by atoms with E-state index in [0.29, 0.717) is 0 Å². The van der Waals surface area contributed by atoms with E-state index in [9.17, 15) is 8.42 Å². The van der Waals surface area contributed by atoms with Crippen LogP contribution in [0, 0.1) is 0 Å². The molecular formula is C7H6Cl2O3S. The predicted molar refractivity (Wildman–Crippen MR) is 50.2 cm³/mol. The molecule has 0 heterocycles. The summed E-state index contributed by atoms with van der Waals surface area (Å²) in [6.45, 7) is 0. The molecular weight excluding hydrogens is 235 g/mol. The number of hydrogen-bond donors (Lipinski definition) is 0. The molecule has 1 rings (SSSR count). The summed E-state index contributed by atoms with van der Waals surface area (Å²) in [5.74, 6) is 0. The van der Waals surface area contributed by atoms with Crippen LogP contribution in [0.1, 0.15) is 0 Å². The topological polar surface area (TPSA) is 43.4 Å². The van der Waals surface area contributed by atoms with Crippen LogP contribution in [0.3, 0.4) is 0 Å². The van der Waals surface area contributed by atoms with Crippen LogP contribution in [-0.2, 0) is 14.3 Å². The predicted octanol–water partition coefficient (Wildman–Crippen LogP) is 2.15. The average molecular weight is 241 g/mol. The first-order chi connectivity index (χ1) is 6.02. The largest absolute Gasteiger partial charge is 0.299 e. The van der Waals surface area contributed by atoms with Gasteiger partial charge in [-0.25, -0.2) is 4.18 Å². The molecule has 0 aliphatic rings. The van der Waals surface area contributed by atoms with Gasteiger partial charge in [-0.2, -0.15) is 8.42 Å². The van der Waals surface area contributed by atoms with Gasteiger partial charge in [-0.1, -0.05) is 41.4 Å². The van der Waals surface area contributed by atoms with Crippen molar-refractivity contribution in [2.24, 2.45) is 0 Å². The quantitative estimate of drug-likeness (QED) is 0.601. The standard InChI is InChI=1S/C7H6Cl2O3S/c8-7(9)12-13(10,11)6-4-2-1-3-5-6/h1-5,7H. The average Bonchev–Trinajstić information content (AvgIpc) is 2.04. The van der Waals surface area contributed by atoms with Gasteiger partial charge >= 0.3 is 0 Å². The zero-order chi connectivity index (χ0) is 9.90. The molecule has 72 valence electrons. The second-order valence-electron chi connectivity index (χ2n) is 2.12. The lowest BCUT2D eigenvalue weighted by Gasteiger charge is -2.04. The van der Waals surface area contributed by atoms with Gasteiger partial charge in [-0.15, -0.1) is 0 Å². The maximum atomic E-state index is 11.3. The molecule has 0 saturated heterocycles. The maximum absolute atomic E-state index is 11.3. The smallest absolute Gasteiger partial charge is 0.230 e. The monoisotopic (exact) mass is 240 g/mol. The molecule has 1 aromatic carbocycles. The molecule has 0 unspecified atom stereocenters. The third-order valence-electron chi connectivity index (χ3n) is 1.23. The molecule has 0 N–H and O–H groups in total. The zero-order valence-corrected chi connectivity index (χ0v) is 8.68. The van der Waals surface area contributed by atoms with Gasteiger partial charge in [0, 0.05) is 0 Å². The molecule has 0 radical (unpaired) electrons. The van der Waals surface area contributed by atoms with Crippen LogP contribution in [0.25, 0.3) is 0 Å². The van der Waals surface area contributed by atoms with Crippen molar-refractivity contribution in [1.82, 2.24) is 0 Å². The number of benzene rings is 1. The van der Waals surface area contributed by atoms with Gasteiger partial charge in [-0.3, -0.25) is 0 Å². The highest BCUT2D eigenvalue weighted by Crippen LogP contribution is 2.16. The van der Waals surface area contributed by atoms with E-state index in [4.69, 9.17) is 23.2 Å². The molecule has 0 aromatic heterocycles. The van der Waals surface area contributed by atoms with Gasteiger partial charge in [0.05, 0.1) is 4.90 Å². The minimum absolute atomic E-state index is 0.0290. The Hall–Kier alpha value is -0.290. The van der Waals surface area contributed by atoms with Crippen molar-refractivity contribution >= 4 is 33.3 Å². The lowest BCUT2D eigenvalue weighted by Crippen LogP contribution is -2.08. The van der Waals surface area contributed by atoms with Crippen molar-refractivity contribution in [3.05, 3.63) is 30.3 Å². The van der Waals surface area contributed by atoms with Gasteiger partial charge in [-0.05, 0) is 12.1 Å². The molecule has 1 aromatic rings. The maximum Gasteiger partial charge on any atom is 0.299 e. The van der Waals surface area contributed by atoms with E-state index in [0.717, 1.165) is 0 Å². The minimum Gasteiger partial charge on any atom is -0.230 e. The van der Waals surface area contributed by atoms with Crippen LogP contribution in [0.15, 0.2) is 35.2 Å². The zero-order valence-electron chi connectivity index (χ0n) is 6.35. The molecule has 0 fully saturated rings. The number of alkyl halides is 2. The van der Waals surface area contributed by atoms with E-state index in [1.54, 1.807) is 18.2 Å². The Morgan fingerprint density at radius 3 is 2.15 bits per heavy atom. The Morgan fingerprint density at radius 1 is 1.15 bits per heavy atom. The number of rotatable bonds is 3. The SMILES string of the molecule is O=S(=O)(OC(Cl)Cl)c1ccccc1. The molecule has 6 heteroatoms. The molecule has 0 spiro atoms. The number of hydrogen-bond acceptors (Lipinski definition) is 3. The molecule has 13 heavy (non-hydrogen) atoms. The van der Waals surface area contributed by atoms with E-state index in [1.807, 2.05) is 0 Å². The molecule has 0 atom stereocenters. The second kappa shape index (κ2) is 4.28. The van der Waals surface area contributed by atoms with Crippen LogP contribution in [0.4, 0.5) is 0 Å². The Bertz CT molecular complexity index is 361. The normalized spacial score (nSPS) is 11.9. The summed E-state index contributed by atoms with van der Waals surface area (Å²) in [6, 6.07) is 7.64. The van der Waals surface area contributed by atoms with Gasteiger partial charge in [0.25, 0.3) is 10.1 Å². The Labute approximate surface area is 86.4 Å². The van der Waals surface area contributed by atoms with E-state index >= 15 is 0 Å². The summed E-state index contributed by atoms with van der Waals surface area (Å²) in [7, 11) is -3.82. The molecule has 0 bridgehead atoms. The molecule has 0 aliphatic heterocycles. The first-order valence-corrected chi connectivity index (χ1v) is 5.57. The fourth-order valence-corrected chi connectivity index (χ4v) is 2.11. The van der Waals surface area contributed by atoms with Crippen LogP contribution >= 0.6 is 23.2 Å². The molecule has 0 amide bonds. The van der Waals surface area contributed by atoms with Crippen molar-refractivity contribution in [3.8, 4) is 0 Å². The fraction of sp³-hybridized carbons (Fsp3) is 0.143. The highest BCUT2D eigenvalue weighted by atomic mass is 35.5. The molecule has 0 aliphatic carbocycles. The fourth-order valence-electron chi connectivity index (χ4n) is 0.738. The van der Waals surface area contributed by atoms with E-state index < -0.39 is 15.1 Å². The second-order valence-corrected chi connectivity index (χ2v) is 4.71. The van der Waals surface area contributed by atoms with Crippen LogP contribution in [0.2, 0.25) is 0 Å². The summed E-state index contributed by atoms with van der Waals surface area (Å²) >= 11 is 10.4. The first-order valence-electron chi connectivity index (χ1n) is 3.29. The van der Waals surface area contributed by atoms with Crippen LogP contribution in [-0.4, -0.2) is 13.4 Å². The Balaban J connectivity index is 2.96. The third-order valence-corrected chi connectivity index (χ3v) is 2.92. The van der Waals surface area contributed by atoms with Gasteiger partial charge in [0.15, 0.2) is 0 Å². The lowest BCUT2D eigenvalue weighted by atomic mass is 10.4. The Kier molecular flexibility index (Phi) is 3.55. The van der Waals surface area contributed by atoms with Crippen molar-refractivity contribution in [3.63, 3.8) is 0 Å². The van der Waals surface area contributed by atoms with E-state index in [-0.39, 0.29) is 4.90 Å². The highest BCUT2D eigenvalue weighted by Gasteiger charge is 2.17. The van der Waals surface area contributed by atoms with Crippen molar-refractivity contribution in [2.45, 2.75) is 9.92 Å². The third kappa shape index (κ3) is 3.15. The minimum atomic E-state index is -3.82. The highest BCUT2D eigenvalue weighted by molar-refractivity contribution is 7.86. The summed E-state index contributed by atoms with van der Waals surface area (Å²) in [5.41, 5.74) is 0. The van der Waals surface area contributed by atoms with Crippen molar-refractivity contribution < 1.29 is 12.6 Å². The summed E-state index contributed by atoms with van der Waals surface area (Å²) in [5, 5.41) is -1.38. The summed E-state index contributed by atoms with van der Waals surface area (Å²) in [6.07, 6.45) is 0. The van der Waals surface area contributed by atoms with Gasteiger partial charge in [0.1, 0.15) is 0 Å². The first kappa shape index (κ1) is 10.8. The summed E-state index contributed by atoms with van der Waals surface area (Å²) in [4.78, 5) is 0.0290. The van der Waals surface area contributed by atoms with E-state index in [2.05, 4.69) is 4.18 Å².